The van der Waals surface area contributed by atoms with Crippen molar-refractivity contribution in [1.29, 1.82) is 0 Å². The zero-order valence-corrected chi connectivity index (χ0v) is 14.7. The van der Waals surface area contributed by atoms with Crippen LogP contribution in [0.15, 0.2) is 77.9 Å². The number of para-hydroxylation sites is 1. The number of hydrazone groups is 1. The molecule has 5 nitrogen and oxygen atoms in total. The lowest BCUT2D eigenvalue weighted by Gasteiger charge is -2.17. The van der Waals surface area contributed by atoms with E-state index in [0.29, 0.717) is 11.1 Å². The first-order valence-electron chi connectivity index (χ1n) is 8.74. The van der Waals surface area contributed by atoms with E-state index >= 15 is 0 Å². The van der Waals surface area contributed by atoms with Gasteiger partial charge in [-0.05, 0) is 47.5 Å². The number of hydrogen-bond acceptors (Lipinski definition) is 4. The Morgan fingerprint density at radius 2 is 1.56 bits per heavy atom. The lowest BCUT2D eigenvalue weighted by atomic mass is 10.1. The van der Waals surface area contributed by atoms with Crippen molar-refractivity contribution in [3.63, 3.8) is 0 Å². The lowest BCUT2D eigenvalue weighted by Crippen LogP contribution is -2.18. The van der Waals surface area contributed by atoms with Gasteiger partial charge < -0.3 is 10.0 Å². The maximum atomic E-state index is 12.2. The van der Waals surface area contributed by atoms with Crippen LogP contribution in [0.4, 0.5) is 5.69 Å². The molecule has 4 rings (SSSR count). The van der Waals surface area contributed by atoms with Gasteiger partial charge in [-0.2, -0.15) is 5.10 Å². The smallest absolute Gasteiger partial charge is 0.271 e. The van der Waals surface area contributed by atoms with Crippen LogP contribution in [-0.2, 0) is 13.1 Å². The van der Waals surface area contributed by atoms with Gasteiger partial charge >= 0.3 is 0 Å². The molecule has 0 saturated heterocycles. The number of phenolic OH excluding ortho intramolecular Hbond substituents is 1. The van der Waals surface area contributed by atoms with Gasteiger partial charge in [0.25, 0.3) is 5.91 Å². The highest BCUT2D eigenvalue weighted by Crippen LogP contribution is 2.28. The Morgan fingerprint density at radius 1 is 0.926 bits per heavy atom. The third kappa shape index (κ3) is 3.67. The minimum absolute atomic E-state index is 0.117. The predicted octanol–water partition coefficient (Wildman–Crippen LogP) is 3.68. The summed E-state index contributed by atoms with van der Waals surface area (Å²) in [5, 5.41) is 13.6. The number of nitrogens with zero attached hydrogens (tertiary/aromatic N) is 2. The fraction of sp³-hybridized carbons (Fsp3) is 0.0909. The number of phenols is 1. The topological polar surface area (TPSA) is 64.9 Å². The molecular weight excluding hydrogens is 338 g/mol. The molecule has 1 aliphatic rings. The molecule has 0 fully saturated rings. The third-order valence-corrected chi connectivity index (χ3v) is 4.64. The average molecular weight is 357 g/mol. The number of carbonyl (C=O) groups excluding carboxylic acids is 1. The van der Waals surface area contributed by atoms with E-state index in [1.807, 2.05) is 12.1 Å². The second-order valence-electron chi connectivity index (χ2n) is 6.43. The number of benzene rings is 3. The first-order chi connectivity index (χ1) is 13.2. The summed E-state index contributed by atoms with van der Waals surface area (Å²) in [7, 11) is 0. The molecule has 0 spiro atoms. The summed E-state index contributed by atoms with van der Waals surface area (Å²) < 4.78 is 0. The molecule has 1 amide bonds. The second kappa shape index (κ2) is 7.33. The number of fused-ring (bicyclic) bond motifs is 1. The first-order valence-corrected chi connectivity index (χ1v) is 8.74. The molecule has 0 saturated carbocycles. The summed E-state index contributed by atoms with van der Waals surface area (Å²) in [6.45, 7) is 1.76. The van der Waals surface area contributed by atoms with Crippen molar-refractivity contribution >= 4 is 17.8 Å². The Morgan fingerprint density at radius 3 is 2.22 bits per heavy atom. The number of carbonyl (C=O) groups is 1. The number of aromatic hydroxyl groups is 1. The van der Waals surface area contributed by atoms with E-state index in [-0.39, 0.29) is 11.7 Å². The summed E-state index contributed by atoms with van der Waals surface area (Å²) in [5.41, 5.74) is 7.33. The minimum atomic E-state index is -0.294. The Labute approximate surface area is 157 Å². The quantitative estimate of drug-likeness (QED) is 0.553. The lowest BCUT2D eigenvalue weighted by molar-refractivity contribution is 0.0955. The van der Waals surface area contributed by atoms with Crippen LogP contribution in [0.25, 0.3) is 0 Å². The van der Waals surface area contributed by atoms with Crippen molar-refractivity contribution in [2.45, 2.75) is 13.1 Å². The van der Waals surface area contributed by atoms with Crippen LogP contribution in [-0.4, -0.2) is 17.2 Å². The van der Waals surface area contributed by atoms with Crippen LogP contribution in [0.2, 0.25) is 0 Å². The van der Waals surface area contributed by atoms with Gasteiger partial charge in [-0.3, -0.25) is 4.79 Å². The molecule has 3 aromatic rings. The fourth-order valence-electron chi connectivity index (χ4n) is 3.16. The van der Waals surface area contributed by atoms with Crippen molar-refractivity contribution < 1.29 is 9.90 Å². The minimum Gasteiger partial charge on any atom is -0.507 e. The molecular formula is C22H19N3O2. The summed E-state index contributed by atoms with van der Waals surface area (Å²) in [5.74, 6) is -0.176. The van der Waals surface area contributed by atoms with Gasteiger partial charge in [0, 0.05) is 29.9 Å². The van der Waals surface area contributed by atoms with Crippen molar-refractivity contribution in [3.8, 4) is 5.75 Å². The molecule has 0 aromatic heterocycles. The molecule has 0 unspecified atom stereocenters. The summed E-state index contributed by atoms with van der Waals surface area (Å²) in [4.78, 5) is 14.5. The maximum Gasteiger partial charge on any atom is 0.271 e. The highest BCUT2D eigenvalue weighted by atomic mass is 16.3. The Kier molecular flexibility index (Phi) is 4.58. The van der Waals surface area contributed by atoms with E-state index in [2.05, 4.69) is 39.7 Å². The van der Waals surface area contributed by atoms with E-state index in [1.165, 1.54) is 17.3 Å². The summed E-state index contributed by atoms with van der Waals surface area (Å²) in [6, 6.07) is 22.7. The zero-order chi connectivity index (χ0) is 18.6. The highest BCUT2D eigenvalue weighted by Gasteiger charge is 2.18. The highest BCUT2D eigenvalue weighted by molar-refractivity contribution is 5.95. The molecule has 27 heavy (non-hydrogen) atoms. The largest absolute Gasteiger partial charge is 0.507 e. The van der Waals surface area contributed by atoms with Gasteiger partial charge in [0.15, 0.2) is 0 Å². The van der Waals surface area contributed by atoms with Crippen LogP contribution in [0.3, 0.4) is 0 Å². The fourth-order valence-corrected chi connectivity index (χ4v) is 3.16. The number of amides is 1. The molecule has 5 heteroatoms. The van der Waals surface area contributed by atoms with E-state index in [0.717, 1.165) is 18.8 Å². The standard InChI is InChI=1S/C22H19N3O2/c26-21-8-4-3-5-17(21)13-23-24-22(27)16-9-11-20(12-10-16)25-14-18-6-1-2-7-19(18)15-25/h1-13,26H,14-15H2,(H,24,27)/b23-13-. The molecule has 134 valence electrons. The van der Waals surface area contributed by atoms with E-state index in [4.69, 9.17) is 0 Å². The molecule has 0 radical (unpaired) electrons. The van der Waals surface area contributed by atoms with Crippen molar-refractivity contribution in [2.75, 3.05) is 4.90 Å². The molecule has 0 bridgehead atoms. The van der Waals surface area contributed by atoms with E-state index in [1.54, 1.807) is 36.4 Å². The van der Waals surface area contributed by atoms with Crippen LogP contribution in [0, 0.1) is 0 Å². The molecule has 1 heterocycles. The third-order valence-electron chi connectivity index (χ3n) is 4.64. The maximum absolute atomic E-state index is 12.2. The summed E-state index contributed by atoms with van der Waals surface area (Å²) >= 11 is 0. The molecule has 1 aliphatic heterocycles. The first kappa shape index (κ1) is 16.8. The van der Waals surface area contributed by atoms with Gasteiger partial charge in [0.1, 0.15) is 5.75 Å². The predicted molar refractivity (Wildman–Crippen MR) is 106 cm³/mol. The van der Waals surface area contributed by atoms with Crippen LogP contribution < -0.4 is 10.3 Å². The Balaban J connectivity index is 1.39. The normalized spacial score (nSPS) is 13.0. The zero-order valence-electron chi connectivity index (χ0n) is 14.7. The Bertz CT molecular complexity index is 971. The SMILES string of the molecule is O=C(N/N=C\c1ccccc1O)c1ccc(N2Cc3ccccc3C2)cc1. The van der Waals surface area contributed by atoms with E-state index in [9.17, 15) is 9.90 Å². The average Bonchev–Trinajstić information content (AvgIpc) is 3.14. The number of nitrogens with one attached hydrogen (secondary N) is 1. The van der Waals surface area contributed by atoms with Crippen molar-refractivity contribution in [2.24, 2.45) is 5.10 Å². The second-order valence-corrected chi connectivity index (χ2v) is 6.43. The van der Waals surface area contributed by atoms with Gasteiger partial charge in [-0.15, -0.1) is 0 Å². The molecule has 0 aliphatic carbocycles. The summed E-state index contributed by atoms with van der Waals surface area (Å²) in [6.07, 6.45) is 1.42. The van der Waals surface area contributed by atoms with Crippen LogP contribution >= 0.6 is 0 Å². The van der Waals surface area contributed by atoms with Crippen molar-refractivity contribution in [1.82, 2.24) is 5.43 Å². The van der Waals surface area contributed by atoms with Crippen molar-refractivity contribution in [3.05, 3.63) is 95.1 Å². The molecule has 0 atom stereocenters. The van der Waals surface area contributed by atoms with Gasteiger partial charge in [0.2, 0.25) is 0 Å². The number of hydrogen-bond donors (Lipinski definition) is 2. The van der Waals surface area contributed by atoms with Gasteiger partial charge in [0.05, 0.1) is 6.21 Å². The van der Waals surface area contributed by atoms with Crippen LogP contribution in [0.1, 0.15) is 27.0 Å². The van der Waals surface area contributed by atoms with Gasteiger partial charge in [-0.25, -0.2) is 5.43 Å². The Hall–Kier alpha value is -3.60. The number of rotatable bonds is 4. The monoisotopic (exact) mass is 357 g/mol. The molecule has 3 aromatic carbocycles. The van der Waals surface area contributed by atoms with E-state index < -0.39 is 0 Å². The molecule has 2 N–H and O–H groups in total. The van der Waals surface area contributed by atoms with Crippen LogP contribution in [0.5, 0.6) is 5.75 Å². The van der Waals surface area contributed by atoms with Gasteiger partial charge in [-0.1, -0.05) is 36.4 Å². The number of anilines is 1.